The van der Waals surface area contributed by atoms with Crippen LogP contribution in [0.4, 0.5) is 0 Å². The molecule has 4 rings (SSSR count). The lowest BCUT2D eigenvalue weighted by molar-refractivity contribution is -0.148. The van der Waals surface area contributed by atoms with Crippen LogP contribution in [0, 0.1) is 28.6 Å². The zero-order chi connectivity index (χ0) is 21.0. The monoisotopic (exact) mass is 400 g/mol. The van der Waals surface area contributed by atoms with Gasteiger partial charge in [-0.05, 0) is 61.7 Å². The minimum atomic E-state index is -0.384. The van der Waals surface area contributed by atoms with Crippen LogP contribution in [-0.2, 0) is 23.9 Å². The second kappa shape index (κ2) is 7.10. The number of ether oxygens (including phenoxy) is 2. The minimum Gasteiger partial charge on any atom is -0.462 e. The highest BCUT2D eigenvalue weighted by molar-refractivity contribution is 6.02. The molecule has 0 N–H and O–H groups in total. The van der Waals surface area contributed by atoms with Crippen molar-refractivity contribution in [3.8, 4) is 0 Å². The van der Waals surface area contributed by atoms with Gasteiger partial charge in [-0.3, -0.25) is 14.4 Å². The molecule has 3 saturated carbocycles. The predicted octanol–water partition coefficient (Wildman–Crippen LogP) is 4.51. The first-order valence-corrected chi connectivity index (χ1v) is 10.9. The molecule has 29 heavy (non-hydrogen) atoms. The lowest BCUT2D eigenvalue weighted by Crippen LogP contribution is -2.50. The second-order valence-corrected chi connectivity index (χ2v) is 9.98. The summed E-state index contributed by atoms with van der Waals surface area (Å²) in [6.45, 7) is 7.35. The Balaban J connectivity index is 1.59. The molecule has 3 fully saturated rings. The molecular formula is C24H32O5. The van der Waals surface area contributed by atoms with Gasteiger partial charge in [0.15, 0.2) is 5.78 Å². The number of allylic oxidation sites excluding steroid dienone is 2. The summed E-state index contributed by atoms with van der Waals surface area (Å²) in [4.78, 5) is 35.7. The number of esters is 2. The second-order valence-electron chi connectivity index (χ2n) is 9.98. The van der Waals surface area contributed by atoms with Crippen molar-refractivity contribution in [2.24, 2.45) is 28.6 Å². The number of Topliss-reactive ketones (excluding diaryl/α,β-unsaturated/α-hetero) is 1. The molecule has 4 aliphatic carbocycles. The van der Waals surface area contributed by atoms with Gasteiger partial charge in [0.05, 0.1) is 0 Å². The van der Waals surface area contributed by atoms with Crippen molar-refractivity contribution in [3.63, 3.8) is 0 Å². The molecule has 5 heteroatoms. The van der Waals surface area contributed by atoms with Gasteiger partial charge in [-0.1, -0.05) is 25.5 Å². The number of carbonyl (C=O) groups is 3. The lowest BCUT2D eigenvalue weighted by Gasteiger charge is -2.56. The van der Waals surface area contributed by atoms with Crippen molar-refractivity contribution < 1.29 is 23.9 Å². The first-order chi connectivity index (χ1) is 13.6. The van der Waals surface area contributed by atoms with Gasteiger partial charge in [-0.15, -0.1) is 0 Å². The van der Waals surface area contributed by atoms with Crippen LogP contribution in [0.25, 0.3) is 0 Å². The van der Waals surface area contributed by atoms with Crippen molar-refractivity contribution in [1.29, 1.82) is 0 Å². The quantitative estimate of drug-likeness (QED) is 0.295. The smallest absolute Gasteiger partial charge is 0.307 e. The molecule has 0 unspecified atom stereocenters. The van der Waals surface area contributed by atoms with Gasteiger partial charge in [0, 0.05) is 31.3 Å². The molecule has 0 aliphatic heterocycles. The molecule has 0 aromatic rings. The van der Waals surface area contributed by atoms with Crippen LogP contribution in [0.2, 0.25) is 0 Å². The van der Waals surface area contributed by atoms with Crippen LogP contribution < -0.4 is 0 Å². The van der Waals surface area contributed by atoms with Crippen molar-refractivity contribution in [3.05, 3.63) is 23.5 Å². The number of ketones is 1. The average Bonchev–Trinajstić information content (AvgIpc) is 2.91. The number of hydrogen-bond acceptors (Lipinski definition) is 5. The molecule has 5 nitrogen and oxygen atoms in total. The maximum atomic E-state index is 13.1. The SMILES string of the molecule is CC(=O)O/C=C1/C[C@H]2[C@@H]3CC=C4C[C@@H](OC(C)=O)CC[C@]4(C)[C@H]3CC[C@]2(C)C1=O. The van der Waals surface area contributed by atoms with E-state index in [1.54, 1.807) is 0 Å². The first-order valence-electron chi connectivity index (χ1n) is 10.9. The number of rotatable bonds is 2. The van der Waals surface area contributed by atoms with Gasteiger partial charge in [-0.2, -0.15) is 0 Å². The highest BCUT2D eigenvalue weighted by Gasteiger charge is 2.60. The maximum Gasteiger partial charge on any atom is 0.307 e. The topological polar surface area (TPSA) is 69.7 Å². The van der Waals surface area contributed by atoms with Gasteiger partial charge in [0.2, 0.25) is 0 Å². The first kappa shape index (κ1) is 20.4. The predicted molar refractivity (Wildman–Crippen MR) is 107 cm³/mol. The standard InChI is InChI=1S/C24H32O5/c1-14(25)28-13-16-11-21-19-6-5-17-12-18(29-15(2)26)7-9-23(17,3)20(19)8-10-24(21,4)22(16)27/h5,13,18-21H,6-12H2,1-4H3/b16-13-/t18-,19+,20-,21-,23-,24-/m0/s1. The Morgan fingerprint density at radius 3 is 2.45 bits per heavy atom. The molecule has 158 valence electrons. The Morgan fingerprint density at radius 1 is 1.03 bits per heavy atom. The van der Waals surface area contributed by atoms with E-state index < -0.39 is 0 Å². The summed E-state index contributed by atoms with van der Waals surface area (Å²) in [7, 11) is 0. The molecule has 4 aliphatic rings. The van der Waals surface area contributed by atoms with E-state index in [0.717, 1.165) is 38.5 Å². The van der Waals surface area contributed by atoms with Crippen LogP contribution >= 0.6 is 0 Å². The largest absolute Gasteiger partial charge is 0.462 e. The Morgan fingerprint density at radius 2 is 1.76 bits per heavy atom. The van der Waals surface area contributed by atoms with E-state index in [0.29, 0.717) is 29.7 Å². The van der Waals surface area contributed by atoms with E-state index in [-0.39, 0.29) is 34.7 Å². The molecule has 0 saturated heterocycles. The zero-order valence-corrected chi connectivity index (χ0v) is 18.0. The molecule has 0 spiro atoms. The normalized spacial score (nSPS) is 42.4. The molecule has 0 amide bonds. The Bertz CT molecular complexity index is 808. The summed E-state index contributed by atoms with van der Waals surface area (Å²) >= 11 is 0. The fraction of sp³-hybridized carbons (Fsp3) is 0.708. The Kier molecular flexibility index (Phi) is 4.99. The van der Waals surface area contributed by atoms with Crippen LogP contribution in [0.1, 0.15) is 72.6 Å². The number of carbonyl (C=O) groups excluding carboxylic acids is 3. The van der Waals surface area contributed by atoms with E-state index >= 15 is 0 Å². The van der Waals surface area contributed by atoms with E-state index in [2.05, 4.69) is 19.9 Å². The van der Waals surface area contributed by atoms with Crippen molar-refractivity contribution in [2.45, 2.75) is 78.7 Å². The maximum absolute atomic E-state index is 13.1. The highest BCUT2D eigenvalue weighted by atomic mass is 16.5. The zero-order valence-electron chi connectivity index (χ0n) is 18.0. The van der Waals surface area contributed by atoms with Crippen LogP contribution in [0.5, 0.6) is 0 Å². The molecule has 0 radical (unpaired) electrons. The van der Waals surface area contributed by atoms with Gasteiger partial charge < -0.3 is 9.47 Å². The minimum absolute atomic E-state index is 0.00329. The summed E-state index contributed by atoms with van der Waals surface area (Å²) in [5.74, 6) is 0.917. The molecule has 0 aromatic heterocycles. The summed E-state index contributed by atoms with van der Waals surface area (Å²) in [6.07, 6.45) is 10.2. The van der Waals surface area contributed by atoms with Gasteiger partial charge in [-0.25, -0.2) is 0 Å². The Labute approximate surface area is 172 Å². The number of fused-ring (bicyclic) bond motifs is 5. The van der Waals surface area contributed by atoms with Gasteiger partial charge in [0.25, 0.3) is 0 Å². The van der Waals surface area contributed by atoms with Gasteiger partial charge >= 0.3 is 11.9 Å². The Hall–Kier alpha value is -1.91. The third-order valence-electron chi connectivity index (χ3n) is 8.40. The summed E-state index contributed by atoms with van der Waals surface area (Å²) < 4.78 is 10.6. The lowest BCUT2D eigenvalue weighted by atomic mass is 9.48. The molecule has 0 bridgehead atoms. The van der Waals surface area contributed by atoms with Crippen LogP contribution in [0.3, 0.4) is 0 Å². The summed E-state index contributed by atoms with van der Waals surface area (Å²) in [5, 5.41) is 0. The van der Waals surface area contributed by atoms with Crippen molar-refractivity contribution in [2.75, 3.05) is 0 Å². The average molecular weight is 401 g/mol. The van der Waals surface area contributed by atoms with Crippen LogP contribution in [-0.4, -0.2) is 23.8 Å². The van der Waals surface area contributed by atoms with Crippen molar-refractivity contribution in [1.82, 2.24) is 0 Å². The summed E-state index contributed by atoms with van der Waals surface area (Å²) in [5.41, 5.74) is 1.91. The highest BCUT2D eigenvalue weighted by Crippen LogP contribution is 2.64. The fourth-order valence-electron chi connectivity index (χ4n) is 6.89. The third kappa shape index (κ3) is 3.27. The number of hydrogen-bond donors (Lipinski definition) is 0. The molecular weight excluding hydrogens is 368 g/mol. The van der Waals surface area contributed by atoms with Crippen molar-refractivity contribution >= 4 is 17.7 Å². The van der Waals surface area contributed by atoms with E-state index in [1.165, 1.54) is 25.7 Å². The van der Waals surface area contributed by atoms with Gasteiger partial charge in [0.1, 0.15) is 12.4 Å². The molecule has 0 heterocycles. The molecule has 6 atom stereocenters. The third-order valence-corrected chi connectivity index (χ3v) is 8.40. The summed E-state index contributed by atoms with van der Waals surface area (Å²) in [6, 6.07) is 0. The molecule has 0 aromatic carbocycles. The van der Waals surface area contributed by atoms with E-state index in [9.17, 15) is 14.4 Å². The van der Waals surface area contributed by atoms with E-state index in [1.807, 2.05) is 0 Å². The van der Waals surface area contributed by atoms with E-state index in [4.69, 9.17) is 9.47 Å². The van der Waals surface area contributed by atoms with Crippen LogP contribution in [0.15, 0.2) is 23.5 Å². The fourth-order valence-corrected chi connectivity index (χ4v) is 6.89.